The van der Waals surface area contributed by atoms with Crippen LogP contribution in [0.4, 0.5) is 19.0 Å². The van der Waals surface area contributed by atoms with Crippen LogP contribution in [0.1, 0.15) is 38.7 Å². The molecule has 3 saturated heterocycles. The molecule has 10 heteroatoms. The topological polar surface area (TPSA) is 73.8 Å². The monoisotopic (exact) mass is 617 g/mol. The summed E-state index contributed by atoms with van der Waals surface area (Å²) < 4.78 is 54.3. The molecule has 236 valence electrons. The van der Waals surface area contributed by atoms with Gasteiger partial charge in [-0.25, -0.2) is 13.2 Å². The van der Waals surface area contributed by atoms with Gasteiger partial charge in [0.1, 0.15) is 35.3 Å². The number of fused-ring (bicyclic) bond motifs is 4. The third-order valence-corrected chi connectivity index (χ3v) is 9.92. The molecule has 3 aromatic carbocycles. The Balaban J connectivity index is 1.41. The number of aryl methyl sites for hydroxylation is 1. The van der Waals surface area contributed by atoms with Gasteiger partial charge in [-0.3, -0.25) is 0 Å². The summed E-state index contributed by atoms with van der Waals surface area (Å²) in [6.45, 7) is 11.4. The molecular formula is C35H38F3N5O2. The molecule has 3 aliphatic rings. The van der Waals surface area contributed by atoms with Crippen molar-refractivity contribution in [2.45, 2.75) is 51.6 Å². The van der Waals surface area contributed by atoms with E-state index in [9.17, 15) is 9.50 Å². The molecule has 2 N–H and O–H groups in total. The van der Waals surface area contributed by atoms with Gasteiger partial charge >= 0.3 is 6.01 Å². The third-order valence-electron chi connectivity index (χ3n) is 9.92. The van der Waals surface area contributed by atoms with Gasteiger partial charge in [-0.2, -0.15) is 9.97 Å². The Morgan fingerprint density at radius 2 is 1.84 bits per heavy atom. The van der Waals surface area contributed by atoms with Crippen LogP contribution >= 0.6 is 0 Å². The molecule has 1 aromatic heterocycles. The Morgan fingerprint density at radius 1 is 1.09 bits per heavy atom. The second kappa shape index (κ2) is 11.2. The highest BCUT2D eigenvalue weighted by Crippen LogP contribution is 2.42. The maximum absolute atomic E-state index is 16.9. The summed E-state index contributed by atoms with van der Waals surface area (Å²) >= 11 is 0. The smallest absolute Gasteiger partial charge is 0.319 e. The number of piperidine rings is 1. The van der Waals surface area contributed by atoms with E-state index in [1.807, 2.05) is 0 Å². The lowest BCUT2D eigenvalue weighted by molar-refractivity contribution is 0.112. The van der Waals surface area contributed by atoms with Crippen LogP contribution in [0.3, 0.4) is 0 Å². The summed E-state index contributed by atoms with van der Waals surface area (Å²) in [6, 6.07) is 7.34. The number of benzene rings is 3. The summed E-state index contributed by atoms with van der Waals surface area (Å²) in [7, 11) is 2.06. The normalized spacial score (nSPS) is 23.8. The summed E-state index contributed by atoms with van der Waals surface area (Å²) in [5.41, 5.74) is 0.631. The number of aromatic hydroxyl groups is 1. The minimum Gasteiger partial charge on any atom is -0.508 e. The van der Waals surface area contributed by atoms with Gasteiger partial charge < -0.3 is 25.0 Å². The zero-order chi connectivity index (χ0) is 31.6. The largest absolute Gasteiger partial charge is 0.508 e. The summed E-state index contributed by atoms with van der Waals surface area (Å²) in [5.74, 6) is -1.99. The van der Waals surface area contributed by atoms with E-state index in [4.69, 9.17) is 9.72 Å². The van der Waals surface area contributed by atoms with Crippen LogP contribution in [-0.2, 0) is 6.42 Å². The molecule has 0 unspecified atom stereocenters. The van der Waals surface area contributed by atoms with Crippen molar-refractivity contribution in [2.75, 3.05) is 44.7 Å². The summed E-state index contributed by atoms with van der Waals surface area (Å²) in [5, 5.41) is 15.2. The molecule has 7 rings (SSSR count). The Labute approximate surface area is 260 Å². The van der Waals surface area contributed by atoms with E-state index in [1.54, 1.807) is 6.92 Å². The Kier molecular flexibility index (Phi) is 7.40. The Bertz CT molecular complexity index is 1840. The van der Waals surface area contributed by atoms with Crippen molar-refractivity contribution in [2.24, 2.45) is 5.41 Å². The van der Waals surface area contributed by atoms with Gasteiger partial charge in [0.05, 0.1) is 5.56 Å². The van der Waals surface area contributed by atoms with Gasteiger partial charge in [0.2, 0.25) is 0 Å². The highest BCUT2D eigenvalue weighted by Gasteiger charge is 2.36. The van der Waals surface area contributed by atoms with Gasteiger partial charge in [-0.15, -0.1) is 0 Å². The van der Waals surface area contributed by atoms with Crippen molar-refractivity contribution >= 4 is 27.5 Å². The highest BCUT2D eigenvalue weighted by atomic mass is 19.1. The van der Waals surface area contributed by atoms with Crippen molar-refractivity contribution in [3.63, 3.8) is 0 Å². The SMILES string of the molecule is C=C1CCN(C)C[C@@]1(C)COc1nc(N2C[C@H]3CC[C@@H](C2)N3)c2cc(F)c(-c3cc(O)cc4ccc(F)c(CC)c34)c(F)c2n1. The molecule has 0 amide bonds. The standard InChI is InChI=1S/C35H38F3N5O2/c1-5-24-27(36)9-6-20-12-23(44)13-25(29(20)24)30-28(37)14-26-32(31(30)38)40-34(45-18-35(3)17-42(4)11-10-19(35)2)41-33(26)43-15-21-7-8-22(16-43)39-21/h6,9,12-14,21-22,39,44H,2,5,7-8,10-11,15-18H2,1,3-4H3/t21-,22+,35-/m0/s1. The Morgan fingerprint density at radius 3 is 2.58 bits per heavy atom. The fraction of sp³-hybridized carbons (Fsp3) is 0.429. The number of rotatable bonds is 6. The lowest BCUT2D eigenvalue weighted by Crippen LogP contribution is -2.51. The number of halogens is 3. The number of nitrogens with one attached hydrogen (secondary N) is 1. The van der Waals surface area contributed by atoms with Crippen LogP contribution in [0.15, 0.2) is 42.5 Å². The molecule has 3 aliphatic heterocycles. The van der Waals surface area contributed by atoms with Crippen LogP contribution in [-0.4, -0.2) is 71.9 Å². The van der Waals surface area contributed by atoms with Crippen LogP contribution in [0.2, 0.25) is 0 Å². The first-order chi connectivity index (χ1) is 21.5. The first kappa shape index (κ1) is 29.8. The maximum Gasteiger partial charge on any atom is 0.319 e. The molecule has 4 heterocycles. The van der Waals surface area contributed by atoms with E-state index in [0.29, 0.717) is 41.7 Å². The molecule has 2 bridgehead atoms. The van der Waals surface area contributed by atoms with Gasteiger partial charge in [0.25, 0.3) is 0 Å². The summed E-state index contributed by atoms with van der Waals surface area (Å²) in [4.78, 5) is 13.6. The number of nitrogens with zero attached hydrogens (tertiary/aromatic N) is 4. The fourth-order valence-electron chi connectivity index (χ4n) is 7.51. The molecule has 3 atom stereocenters. The van der Waals surface area contributed by atoms with Gasteiger partial charge in [-0.1, -0.05) is 32.1 Å². The molecule has 0 spiro atoms. The molecule has 45 heavy (non-hydrogen) atoms. The van der Waals surface area contributed by atoms with Crippen LogP contribution in [0.5, 0.6) is 11.8 Å². The van der Waals surface area contributed by atoms with Gasteiger partial charge in [0.15, 0.2) is 5.82 Å². The molecular weight excluding hydrogens is 579 g/mol. The molecule has 0 radical (unpaired) electrons. The molecule has 7 nitrogen and oxygen atoms in total. The van der Waals surface area contributed by atoms with Crippen molar-refractivity contribution in [3.8, 4) is 22.9 Å². The molecule has 4 aromatic rings. The van der Waals surface area contributed by atoms with Crippen LogP contribution < -0.4 is 15.0 Å². The van der Waals surface area contributed by atoms with E-state index in [-0.39, 0.29) is 57.9 Å². The minimum atomic E-state index is -0.914. The van der Waals surface area contributed by atoms with Crippen molar-refractivity contribution in [1.82, 2.24) is 20.2 Å². The zero-order valence-electron chi connectivity index (χ0n) is 25.9. The third kappa shape index (κ3) is 5.17. The fourth-order valence-corrected chi connectivity index (χ4v) is 7.51. The minimum absolute atomic E-state index is 0.00291. The van der Waals surface area contributed by atoms with Gasteiger partial charge in [0, 0.05) is 49.1 Å². The number of anilines is 1. The first-order valence-electron chi connectivity index (χ1n) is 15.7. The Hall–Kier alpha value is -3.89. The van der Waals surface area contributed by atoms with E-state index in [1.165, 1.54) is 30.3 Å². The number of piperazine rings is 1. The average molecular weight is 618 g/mol. The predicted octanol–water partition coefficient (Wildman–Crippen LogP) is 6.35. The number of aromatic nitrogens is 2. The predicted molar refractivity (Wildman–Crippen MR) is 170 cm³/mol. The second-order valence-corrected chi connectivity index (χ2v) is 13.2. The van der Waals surface area contributed by atoms with E-state index in [2.05, 4.69) is 40.7 Å². The number of hydrogen-bond acceptors (Lipinski definition) is 7. The molecule has 3 fully saturated rings. The average Bonchev–Trinajstić information content (AvgIpc) is 3.35. The van der Waals surface area contributed by atoms with Crippen molar-refractivity contribution < 1.29 is 23.0 Å². The molecule has 0 aliphatic carbocycles. The number of phenolic OH excluding ortho intramolecular Hbond substituents is 1. The quantitative estimate of drug-likeness (QED) is 0.244. The highest BCUT2D eigenvalue weighted by molar-refractivity contribution is 6.03. The van der Waals surface area contributed by atoms with E-state index >= 15 is 8.78 Å². The van der Waals surface area contributed by atoms with E-state index in [0.717, 1.165) is 37.9 Å². The van der Waals surface area contributed by atoms with E-state index < -0.39 is 17.5 Å². The number of hydrogen-bond donors (Lipinski definition) is 2. The molecule has 0 saturated carbocycles. The van der Waals surface area contributed by atoms with Crippen LogP contribution in [0.25, 0.3) is 32.8 Å². The lowest BCUT2D eigenvalue weighted by Gasteiger charge is -2.40. The van der Waals surface area contributed by atoms with Crippen LogP contribution in [0, 0.1) is 22.9 Å². The zero-order valence-corrected chi connectivity index (χ0v) is 25.9. The number of likely N-dealkylation sites (tertiary alicyclic amines) is 1. The lowest BCUT2D eigenvalue weighted by atomic mass is 9.79. The number of ether oxygens (including phenoxy) is 1. The maximum atomic E-state index is 16.9. The van der Waals surface area contributed by atoms with Crippen molar-refractivity contribution in [3.05, 3.63) is 65.5 Å². The van der Waals surface area contributed by atoms with Crippen molar-refractivity contribution in [1.29, 1.82) is 0 Å². The number of phenols is 1. The van der Waals surface area contributed by atoms with Gasteiger partial charge in [-0.05, 0) is 78.9 Å². The summed E-state index contributed by atoms with van der Waals surface area (Å²) in [6.07, 6.45) is 3.19. The second-order valence-electron chi connectivity index (χ2n) is 13.2. The first-order valence-corrected chi connectivity index (χ1v) is 15.7.